The predicted molar refractivity (Wildman–Crippen MR) is 160 cm³/mol. The number of halogens is 1. The van der Waals surface area contributed by atoms with Gasteiger partial charge in [-0.25, -0.2) is 0 Å². The Morgan fingerprint density at radius 2 is 1.77 bits per heavy atom. The van der Waals surface area contributed by atoms with Crippen molar-refractivity contribution in [2.75, 3.05) is 18.1 Å². The molecule has 0 N–H and O–H groups in total. The number of carbonyl (C=O) groups is 1. The van der Waals surface area contributed by atoms with E-state index in [-0.39, 0.29) is 11.2 Å². The van der Waals surface area contributed by atoms with E-state index >= 15 is 0 Å². The number of hydrogen-bond donors (Lipinski definition) is 0. The molecule has 4 nitrogen and oxygen atoms in total. The summed E-state index contributed by atoms with van der Waals surface area (Å²) in [5.41, 5.74) is 4.94. The maximum absolute atomic E-state index is 12.4. The average molecular weight is 538 g/mol. The number of para-hydroxylation sites is 1. The van der Waals surface area contributed by atoms with Crippen LogP contribution < -0.4 is 14.4 Å². The van der Waals surface area contributed by atoms with E-state index in [1.54, 1.807) is 6.92 Å². The molecule has 1 unspecified atom stereocenters. The van der Waals surface area contributed by atoms with Gasteiger partial charge < -0.3 is 14.4 Å². The molecule has 39 heavy (non-hydrogen) atoms. The van der Waals surface area contributed by atoms with Gasteiger partial charge in [-0.2, -0.15) is 0 Å². The molecule has 5 heteroatoms. The summed E-state index contributed by atoms with van der Waals surface area (Å²) < 4.78 is 13.2. The first-order valence-electron chi connectivity index (χ1n) is 13.3. The number of ketones is 1. The topological polar surface area (TPSA) is 38.8 Å². The standard InChI is InChI=1S/C34H32ClNO3/c1-21-11-12-29-31(17-21)36(15-16-38-24-9-7-6-8-10-24)34(33(29,4)5)14-13-25-27-19-26(23(3)37)22(2)18-28(27)30(35)20-32(25)39-34/h6-14,17-20H,15-16H2,1-5H3. The molecule has 4 aromatic carbocycles. The van der Waals surface area contributed by atoms with E-state index < -0.39 is 5.72 Å². The van der Waals surface area contributed by atoms with Crippen LogP contribution in [0.4, 0.5) is 5.69 Å². The molecule has 2 aliphatic heterocycles. The van der Waals surface area contributed by atoms with Crippen LogP contribution in [0.15, 0.2) is 72.8 Å². The van der Waals surface area contributed by atoms with Crippen LogP contribution in [0.3, 0.4) is 0 Å². The van der Waals surface area contributed by atoms with Crippen molar-refractivity contribution in [2.24, 2.45) is 0 Å². The largest absolute Gasteiger partial charge is 0.492 e. The van der Waals surface area contributed by atoms with Crippen LogP contribution in [-0.4, -0.2) is 24.7 Å². The van der Waals surface area contributed by atoms with Gasteiger partial charge in [0.1, 0.15) is 18.1 Å². The Bertz CT molecular complexity index is 1660. The summed E-state index contributed by atoms with van der Waals surface area (Å²) in [5.74, 6) is 1.59. The van der Waals surface area contributed by atoms with Crippen molar-refractivity contribution in [3.8, 4) is 11.5 Å². The third kappa shape index (κ3) is 3.92. The van der Waals surface area contributed by atoms with Crippen molar-refractivity contribution < 1.29 is 14.3 Å². The molecule has 2 heterocycles. The zero-order valence-electron chi connectivity index (χ0n) is 23.0. The van der Waals surface area contributed by atoms with Gasteiger partial charge in [0.05, 0.1) is 17.0 Å². The van der Waals surface area contributed by atoms with Crippen molar-refractivity contribution >= 4 is 39.9 Å². The summed E-state index contributed by atoms with van der Waals surface area (Å²) in [6.07, 6.45) is 4.32. The summed E-state index contributed by atoms with van der Waals surface area (Å²) in [6, 6.07) is 22.4. The highest BCUT2D eigenvalue weighted by Gasteiger charge is 2.58. The SMILES string of the molecule is CC(=O)c1cc2c3c(cc(Cl)c2cc1C)OC1(C=C3)N(CCOc2ccccc2)c2cc(C)ccc2C1(C)C. The third-order valence-corrected chi connectivity index (χ3v) is 8.61. The Kier molecular flexibility index (Phi) is 6.00. The molecular formula is C34H32ClNO3. The molecule has 0 aromatic heterocycles. The van der Waals surface area contributed by atoms with Crippen molar-refractivity contribution in [1.29, 1.82) is 0 Å². The minimum absolute atomic E-state index is 0.0349. The number of carbonyl (C=O) groups excluding carboxylic acids is 1. The van der Waals surface area contributed by atoms with E-state index in [2.05, 4.69) is 56.0 Å². The lowest BCUT2D eigenvalue weighted by atomic mass is 9.76. The molecule has 198 valence electrons. The number of anilines is 1. The number of benzene rings is 4. The smallest absolute Gasteiger partial charge is 0.212 e. The second-order valence-corrected chi connectivity index (χ2v) is 11.5. The maximum Gasteiger partial charge on any atom is 0.212 e. The molecule has 0 fully saturated rings. The van der Waals surface area contributed by atoms with Gasteiger partial charge in [0.25, 0.3) is 0 Å². The summed E-state index contributed by atoms with van der Waals surface area (Å²) in [6.45, 7) is 11.3. The normalized spacial score (nSPS) is 18.7. The lowest BCUT2D eigenvalue weighted by Crippen LogP contribution is -2.60. The second kappa shape index (κ2) is 9.17. The lowest BCUT2D eigenvalue weighted by Gasteiger charge is -2.47. The molecule has 6 rings (SSSR count). The molecule has 0 radical (unpaired) electrons. The monoisotopic (exact) mass is 537 g/mol. The fourth-order valence-electron chi connectivity index (χ4n) is 6.21. The molecule has 1 spiro atoms. The van der Waals surface area contributed by atoms with Gasteiger partial charge in [0.2, 0.25) is 5.72 Å². The summed E-state index contributed by atoms with van der Waals surface area (Å²) >= 11 is 6.84. The zero-order chi connectivity index (χ0) is 27.5. The van der Waals surface area contributed by atoms with Crippen LogP contribution in [0, 0.1) is 13.8 Å². The van der Waals surface area contributed by atoms with E-state index in [4.69, 9.17) is 21.1 Å². The van der Waals surface area contributed by atoms with E-state index in [9.17, 15) is 4.79 Å². The predicted octanol–water partition coefficient (Wildman–Crippen LogP) is 8.29. The van der Waals surface area contributed by atoms with Crippen molar-refractivity contribution in [3.05, 3.63) is 106 Å². The molecule has 1 atom stereocenters. The van der Waals surface area contributed by atoms with E-state index in [1.807, 2.05) is 55.5 Å². The van der Waals surface area contributed by atoms with Crippen LogP contribution in [0.1, 0.15) is 53.4 Å². The van der Waals surface area contributed by atoms with Crippen LogP contribution in [0.2, 0.25) is 5.02 Å². The molecule has 0 saturated carbocycles. The Labute approximate surface area is 234 Å². The molecule has 4 aromatic rings. The van der Waals surface area contributed by atoms with E-state index in [0.717, 1.165) is 33.3 Å². The number of nitrogens with zero attached hydrogens (tertiary/aromatic N) is 1. The molecular weight excluding hydrogens is 506 g/mol. The minimum Gasteiger partial charge on any atom is -0.492 e. The maximum atomic E-state index is 12.4. The number of hydrogen-bond acceptors (Lipinski definition) is 4. The highest BCUT2D eigenvalue weighted by atomic mass is 35.5. The fraction of sp³-hybridized carbons (Fsp3) is 0.265. The van der Waals surface area contributed by atoms with Gasteiger partial charge in [-0.3, -0.25) is 4.79 Å². The quantitative estimate of drug-likeness (QED) is 0.240. The number of aryl methyl sites for hydroxylation is 2. The van der Waals surface area contributed by atoms with Crippen LogP contribution in [0.25, 0.3) is 16.8 Å². The van der Waals surface area contributed by atoms with Gasteiger partial charge in [-0.05, 0) is 99.2 Å². The fourth-order valence-corrected chi connectivity index (χ4v) is 6.46. The zero-order valence-corrected chi connectivity index (χ0v) is 23.7. The van der Waals surface area contributed by atoms with Gasteiger partial charge in [0.15, 0.2) is 5.78 Å². The minimum atomic E-state index is -0.790. The number of Topliss-reactive ketones (excluding diaryl/α,β-unsaturated/α-hetero) is 1. The first-order valence-corrected chi connectivity index (χ1v) is 13.7. The van der Waals surface area contributed by atoms with Crippen LogP contribution in [-0.2, 0) is 5.41 Å². The Balaban J connectivity index is 1.47. The molecule has 0 bridgehead atoms. The van der Waals surface area contributed by atoms with Gasteiger partial charge >= 0.3 is 0 Å². The summed E-state index contributed by atoms with van der Waals surface area (Å²) in [7, 11) is 0. The van der Waals surface area contributed by atoms with E-state index in [1.165, 1.54) is 11.1 Å². The number of fused-ring (bicyclic) bond motifs is 4. The highest BCUT2D eigenvalue weighted by molar-refractivity contribution is 6.36. The van der Waals surface area contributed by atoms with Gasteiger partial charge in [-0.15, -0.1) is 0 Å². The van der Waals surface area contributed by atoms with Gasteiger partial charge in [0, 0.05) is 28.3 Å². The number of ether oxygens (including phenoxy) is 2. The van der Waals surface area contributed by atoms with E-state index in [0.29, 0.717) is 29.5 Å². The Morgan fingerprint density at radius 3 is 2.51 bits per heavy atom. The molecule has 0 saturated heterocycles. The Hall–Kier alpha value is -3.76. The summed E-state index contributed by atoms with van der Waals surface area (Å²) in [5, 5.41) is 2.44. The summed E-state index contributed by atoms with van der Waals surface area (Å²) in [4.78, 5) is 14.7. The lowest BCUT2D eigenvalue weighted by molar-refractivity contribution is 0.0513. The Morgan fingerprint density at radius 1 is 1.00 bits per heavy atom. The van der Waals surface area contributed by atoms with Crippen molar-refractivity contribution in [1.82, 2.24) is 0 Å². The molecule has 2 aliphatic rings. The first-order chi connectivity index (χ1) is 18.6. The van der Waals surface area contributed by atoms with Crippen molar-refractivity contribution in [2.45, 2.75) is 45.8 Å². The van der Waals surface area contributed by atoms with Crippen LogP contribution >= 0.6 is 11.6 Å². The third-order valence-electron chi connectivity index (χ3n) is 8.30. The molecule has 0 aliphatic carbocycles. The van der Waals surface area contributed by atoms with Crippen molar-refractivity contribution in [3.63, 3.8) is 0 Å². The molecule has 0 amide bonds. The average Bonchev–Trinajstić information content (AvgIpc) is 3.06. The van der Waals surface area contributed by atoms with Crippen LogP contribution in [0.5, 0.6) is 11.5 Å². The second-order valence-electron chi connectivity index (χ2n) is 11.1. The highest BCUT2D eigenvalue weighted by Crippen LogP contribution is 2.56. The first kappa shape index (κ1) is 25.5. The number of rotatable bonds is 5. The van der Waals surface area contributed by atoms with Gasteiger partial charge in [-0.1, -0.05) is 41.9 Å².